The number of hydrogen-bond acceptors (Lipinski definition) is 13. The minimum Gasteiger partial charge on any atom is -0.370 e. The molecule has 26 nitrogen and oxygen atoms in total. The molecule has 1 aliphatic heterocycles. The predicted molar refractivity (Wildman–Crippen MR) is 334 cm³/mol. The second kappa shape index (κ2) is 37.5. The first-order valence-corrected chi connectivity index (χ1v) is 30.7. The largest absolute Gasteiger partial charge is 0.370 e. The molecule has 1 saturated heterocycles. The maximum absolute atomic E-state index is 14.7. The number of nitrogens with two attached hydrogens (primary N) is 4. The van der Waals surface area contributed by atoms with Crippen LogP contribution in [-0.4, -0.2) is 144 Å². The minimum absolute atomic E-state index is 0.000410. The summed E-state index contributed by atoms with van der Waals surface area (Å²) in [6, 6.07) is 4.03. The number of benzene rings is 2. The zero-order chi connectivity index (χ0) is 65.8. The first kappa shape index (κ1) is 74.1. The van der Waals surface area contributed by atoms with Gasteiger partial charge in [-0.3, -0.25) is 57.7 Å². The van der Waals surface area contributed by atoms with Crippen molar-refractivity contribution in [2.24, 2.45) is 57.5 Å². The normalized spacial score (nSPS) is 24.3. The summed E-state index contributed by atoms with van der Waals surface area (Å²) in [6.07, 6.45) is 0.364. The highest BCUT2D eigenvalue weighted by Crippen LogP contribution is 2.17. The number of amides is 11. The van der Waals surface area contributed by atoms with Crippen molar-refractivity contribution >= 4 is 70.9 Å². The molecule has 0 bridgehead atoms. The first-order chi connectivity index (χ1) is 41.6. The minimum atomic E-state index is -1.51. The molecule has 0 aromatic heterocycles. The molecule has 11 atom stereocenters. The summed E-state index contributed by atoms with van der Waals surface area (Å²) < 4.78 is 0. The van der Waals surface area contributed by atoms with Gasteiger partial charge in [0.05, 0.1) is 0 Å². The van der Waals surface area contributed by atoms with Crippen molar-refractivity contribution in [1.82, 2.24) is 53.2 Å². The zero-order valence-electron chi connectivity index (χ0n) is 52.9. The molecule has 0 aliphatic carbocycles. The Balaban J connectivity index is 2.32. The van der Waals surface area contributed by atoms with E-state index in [9.17, 15) is 52.7 Å². The number of guanidine groups is 1. The van der Waals surface area contributed by atoms with Crippen LogP contribution in [0.5, 0.6) is 0 Å². The third-order valence-electron chi connectivity index (χ3n) is 15.2. The maximum Gasteiger partial charge on any atom is 0.243 e. The van der Waals surface area contributed by atoms with E-state index < -0.39 is 149 Å². The number of hydrogen-bond donors (Lipinski definition) is 14. The maximum atomic E-state index is 14.7. The van der Waals surface area contributed by atoms with Gasteiger partial charge in [0.15, 0.2) is 5.96 Å². The number of unbranched alkanes of at least 4 members (excludes halogenated alkanes) is 1. The topological polar surface area (TPSA) is 425 Å². The fourth-order valence-corrected chi connectivity index (χ4v) is 9.82. The van der Waals surface area contributed by atoms with Crippen molar-refractivity contribution in [2.75, 3.05) is 13.1 Å². The molecule has 1 aliphatic rings. The third-order valence-corrected chi connectivity index (χ3v) is 15.2. The van der Waals surface area contributed by atoms with Crippen LogP contribution in [0.4, 0.5) is 0 Å². The predicted octanol–water partition coefficient (Wildman–Crippen LogP) is -0.158. The van der Waals surface area contributed by atoms with Crippen molar-refractivity contribution in [2.45, 2.75) is 200 Å². The van der Waals surface area contributed by atoms with Crippen molar-refractivity contribution in [3.05, 3.63) is 71.8 Å². The molecule has 0 unspecified atom stereocenters. The van der Waals surface area contributed by atoms with E-state index in [0.29, 0.717) is 30.4 Å². The van der Waals surface area contributed by atoms with Gasteiger partial charge in [-0.15, -0.1) is 0 Å². The first-order valence-electron chi connectivity index (χ1n) is 30.7. The standard InChI is InChI=1S/C62H99N15O11/c1-11-38(10)51-61(88)70-43(27-28-47(64)78)53(80)68-41(25-18-19-29-63)54(81)74-48(35(4)5)58(85)69-42(26-20-30-67-62(65)66)52(79)71-44(31-34(2)3)55(82)72-45(32-39-21-14-12-15-22-39)56(83)75-50(37(8)9)60(87)76-49(36(6)7)59(86)73-46(57(84)77-51)33-40-23-16-13-17-24-40/h12-17,21-24,34-38,41-46,48-51H,11,18-20,25-33,63H2,1-10H3,(H2,64,78)(H,68,80)(H,69,85)(H,70,88)(H,71,79)(H,72,82)(H,73,86)(H,74,81)(H,75,83)(H,76,87)(H,77,84)(H4,65,66,67)/t38-,41+,42-,43-,44-,45+,46+,48-,49-,50-,51-/m0/s1. The fourth-order valence-electron chi connectivity index (χ4n) is 9.82. The fraction of sp³-hybridized carbons (Fsp3) is 0.613. The van der Waals surface area contributed by atoms with E-state index in [1.807, 2.05) is 13.8 Å². The average Bonchev–Trinajstić information content (AvgIpc) is 3.65. The molecule has 1 heterocycles. The Bertz CT molecular complexity index is 2670. The molecule has 2 aromatic carbocycles. The van der Waals surface area contributed by atoms with E-state index in [0.717, 1.165) is 0 Å². The molecule has 3 rings (SSSR count). The van der Waals surface area contributed by atoms with Crippen molar-refractivity contribution < 1.29 is 52.7 Å². The summed E-state index contributed by atoms with van der Waals surface area (Å²) in [4.78, 5) is 162. The van der Waals surface area contributed by atoms with Gasteiger partial charge in [0.2, 0.25) is 65.0 Å². The molecule has 18 N–H and O–H groups in total. The number of nitrogens with one attached hydrogen (secondary N) is 10. The molecule has 11 amide bonds. The van der Waals surface area contributed by atoms with Gasteiger partial charge in [0.1, 0.15) is 60.4 Å². The molecule has 488 valence electrons. The lowest BCUT2D eigenvalue weighted by Gasteiger charge is -2.31. The molecule has 2 aromatic rings. The van der Waals surface area contributed by atoms with Crippen LogP contribution in [0.15, 0.2) is 65.7 Å². The Morgan fingerprint density at radius 3 is 1.19 bits per heavy atom. The van der Waals surface area contributed by atoms with Crippen LogP contribution in [0.3, 0.4) is 0 Å². The van der Waals surface area contributed by atoms with Gasteiger partial charge in [0, 0.05) is 25.8 Å². The van der Waals surface area contributed by atoms with Crippen LogP contribution >= 0.6 is 0 Å². The second-order valence-corrected chi connectivity index (χ2v) is 24.2. The molecular weight excluding hydrogens is 1130 g/mol. The number of aliphatic imine (C=N–C) groups is 1. The molecule has 0 radical (unpaired) electrons. The number of rotatable bonds is 22. The zero-order valence-corrected chi connectivity index (χ0v) is 52.9. The lowest BCUT2D eigenvalue weighted by atomic mass is 9.96. The Labute approximate surface area is 517 Å². The Hall–Kier alpha value is -8.16. The molecule has 0 spiro atoms. The number of nitrogens with zero attached hydrogens (tertiary/aromatic N) is 1. The Morgan fingerprint density at radius 1 is 0.432 bits per heavy atom. The summed E-state index contributed by atoms with van der Waals surface area (Å²) in [6.45, 7) is 17.4. The molecule has 1 fully saturated rings. The average molecular weight is 1230 g/mol. The Kier molecular flexibility index (Phi) is 31.6. The highest BCUT2D eigenvalue weighted by molar-refractivity contribution is 6.00. The monoisotopic (exact) mass is 1230 g/mol. The Morgan fingerprint density at radius 2 is 0.773 bits per heavy atom. The van der Waals surface area contributed by atoms with Gasteiger partial charge in [-0.1, -0.05) is 136 Å². The van der Waals surface area contributed by atoms with Crippen LogP contribution in [0.1, 0.15) is 138 Å². The number of carbonyl (C=O) groups excluding carboxylic acids is 11. The van der Waals surface area contributed by atoms with E-state index in [2.05, 4.69) is 58.2 Å². The van der Waals surface area contributed by atoms with E-state index >= 15 is 0 Å². The molecular formula is C62H99N15O11. The van der Waals surface area contributed by atoms with E-state index in [1.54, 1.807) is 116 Å². The molecule has 88 heavy (non-hydrogen) atoms. The van der Waals surface area contributed by atoms with Gasteiger partial charge >= 0.3 is 0 Å². The van der Waals surface area contributed by atoms with Crippen LogP contribution in [-0.2, 0) is 65.6 Å². The second-order valence-electron chi connectivity index (χ2n) is 24.2. The van der Waals surface area contributed by atoms with Crippen LogP contribution in [0.2, 0.25) is 0 Å². The molecule has 26 heteroatoms. The summed E-state index contributed by atoms with van der Waals surface area (Å²) >= 11 is 0. The van der Waals surface area contributed by atoms with Crippen LogP contribution < -0.4 is 76.1 Å². The van der Waals surface area contributed by atoms with Crippen LogP contribution in [0.25, 0.3) is 0 Å². The quantitative estimate of drug-likeness (QED) is 0.0414. The smallest absolute Gasteiger partial charge is 0.243 e. The van der Waals surface area contributed by atoms with Crippen LogP contribution in [0, 0.1) is 29.6 Å². The van der Waals surface area contributed by atoms with E-state index in [4.69, 9.17) is 22.9 Å². The third kappa shape index (κ3) is 25.3. The van der Waals surface area contributed by atoms with Gasteiger partial charge in [0.25, 0.3) is 0 Å². The number of carbonyl (C=O) groups is 11. The lowest BCUT2D eigenvalue weighted by Crippen LogP contribution is -2.63. The SMILES string of the molecule is CC[C@H](C)[C@@H]1NC(=O)[C@@H](Cc2ccccc2)NC(=O)[C@H](C(C)C)NC(=O)[C@H](C(C)C)NC(=O)[C@@H](Cc2ccccc2)NC(=O)[C@H](CC(C)C)NC(=O)[C@H](CCCN=C(N)N)NC(=O)[C@H](C(C)C)NC(=O)[C@@H](CCCCN)NC(=O)[C@H](CCC(N)=O)NC1=O. The van der Waals surface area contributed by atoms with Gasteiger partial charge in [-0.25, -0.2) is 0 Å². The van der Waals surface area contributed by atoms with Crippen molar-refractivity contribution in [1.29, 1.82) is 0 Å². The summed E-state index contributed by atoms with van der Waals surface area (Å²) in [5.41, 5.74) is 23.8. The number of primary amides is 1. The van der Waals surface area contributed by atoms with E-state index in [-0.39, 0.29) is 76.3 Å². The van der Waals surface area contributed by atoms with Gasteiger partial charge < -0.3 is 76.1 Å². The highest BCUT2D eigenvalue weighted by atomic mass is 16.2. The van der Waals surface area contributed by atoms with Crippen molar-refractivity contribution in [3.63, 3.8) is 0 Å². The lowest BCUT2D eigenvalue weighted by molar-refractivity contribution is -0.137. The van der Waals surface area contributed by atoms with Gasteiger partial charge in [-0.05, 0) is 92.2 Å². The van der Waals surface area contributed by atoms with Crippen molar-refractivity contribution in [3.8, 4) is 0 Å². The summed E-state index contributed by atoms with van der Waals surface area (Å²) in [5, 5.41) is 27.6. The van der Waals surface area contributed by atoms with E-state index in [1.165, 1.54) is 0 Å². The van der Waals surface area contributed by atoms with Gasteiger partial charge in [-0.2, -0.15) is 0 Å². The summed E-state index contributed by atoms with van der Waals surface area (Å²) in [5.74, 6) is -11.7. The highest BCUT2D eigenvalue weighted by Gasteiger charge is 2.39. The summed E-state index contributed by atoms with van der Waals surface area (Å²) in [7, 11) is 0. The molecule has 0 saturated carbocycles.